The van der Waals surface area contributed by atoms with Gasteiger partial charge in [-0.3, -0.25) is 19.0 Å². The number of aryl methyl sites for hydroxylation is 1. The smallest absolute Gasteiger partial charge is 0.263 e. The minimum absolute atomic E-state index is 0.00960. The molecule has 2 aliphatic rings. The van der Waals surface area contributed by atoms with Crippen LogP contribution in [0.5, 0.6) is 0 Å². The number of fused-ring (bicyclic) bond motifs is 1. The number of nitrogens with two attached hydrogens (primary N) is 1. The Hall–Kier alpha value is -2.31. The summed E-state index contributed by atoms with van der Waals surface area (Å²) in [6.07, 6.45) is 3.25. The fourth-order valence-corrected chi connectivity index (χ4v) is 8.47. The van der Waals surface area contributed by atoms with E-state index in [0.29, 0.717) is 48.7 Å². The Morgan fingerprint density at radius 2 is 1.79 bits per heavy atom. The molecule has 2 fully saturated rings. The quantitative estimate of drug-likeness (QED) is 0.642. The van der Waals surface area contributed by atoms with Gasteiger partial charge in [0.15, 0.2) is 0 Å². The average molecular weight is 510 g/mol. The first-order valence-electron chi connectivity index (χ1n) is 11.5. The van der Waals surface area contributed by atoms with E-state index in [1.165, 1.54) is 26.5 Å². The van der Waals surface area contributed by atoms with Crippen LogP contribution in [0.3, 0.4) is 0 Å². The zero-order valence-corrected chi connectivity index (χ0v) is 21.3. The summed E-state index contributed by atoms with van der Waals surface area (Å²) in [6.45, 7) is 7.11. The van der Waals surface area contributed by atoms with Gasteiger partial charge in [0, 0.05) is 37.0 Å². The second kappa shape index (κ2) is 9.38. The Balaban J connectivity index is 1.64. The van der Waals surface area contributed by atoms with Crippen molar-refractivity contribution in [2.24, 2.45) is 23.5 Å². The molecule has 4 rings (SSSR count). The average Bonchev–Trinajstić information content (AvgIpc) is 3.12. The van der Waals surface area contributed by atoms with Crippen molar-refractivity contribution < 1.29 is 18.0 Å². The van der Waals surface area contributed by atoms with Crippen molar-refractivity contribution in [3.8, 4) is 0 Å². The molecule has 2 atom stereocenters. The van der Waals surface area contributed by atoms with Crippen molar-refractivity contribution in [3.05, 3.63) is 21.6 Å². The fourth-order valence-electron chi connectivity index (χ4n) is 5.13. The molecule has 2 saturated heterocycles. The predicted octanol–water partition coefficient (Wildman–Crippen LogP) is 1.16. The van der Waals surface area contributed by atoms with E-state index < -0.39 is 15.6 Å². The van der Waals surface area contributed by atoms with E-state index in [1.54, 1.807) is 11.8 Å². The van der Waals surface area contributed by atoms with Gasteiger partial charge in [0.25, 0.3) is 5.56 Å². The zero-order chi connectivity index (χ0) is 24.8. The Kier molecular flexibility index (Phi) is 6.85. The first-order valence-corrected chi connectivity index (χ1v) is 13.8. The molecular formula is C22H31N5O5S2. The van der Waals surface area contributed by atoms with Crippen LogP contribution in [0.15, 0.2) is 16.0 Å². The number of hydrogen-bond donors (Lipinski definition) is 1. The summed E-state index contributed by atoms with van der Waals surface area (Å²) in [5, 5.41) is 0.0520. The third-order valence-electron chi connectivity index (χ3n) is 6.79. The van der Waals surface area contributed by atoms with Gasteiger partial charge in [-0.1, -0.05) is 13.8 Å². The number of carbonyl (C=O) groups excluding carboxylic acids is 2. The van der Waals surface area contributed by atoms with Gasteiger partial charge < -0.3 is 10.6 Å². The Labute approximate surface area is 202 Å². The highest BCUT2D eigenvalue weighted by Crippen LogP contribution is 2.35. The van der Waals surface area contributed by atoms with Gasteiger partial charge in [-0.25, -0.2) is 13.4 Å². The number of aromatic nitrogens is 2. The van der Waals surface area contributed by atoms with Crippen molar-refractivity contribution in [1.82, 2.24) is 18.8 Å². The van der Waals surface area contributed by atoms with E-state index in [1.807, 2.05) is 13.8 Å². The lowest BCUT2D eigenvalue weighted by Crippen LogP contribution is -2.44. The molecule has 2 aromatic heterocycles. The third-order valence-corrected chi connectivity index (χ3v) is 9.94. The summed E-state index contributed by atoms with van der Waals surface area (Å²) < 4.78 is 29.9. The predicted molar refractivity (Wildman–Crippen MR) is 129 cm³/mol. The maximum absolute atomic E-state index is 13.6. The summed E-state index contributed by atoms with van der Waals surface area (Å²) in [4.78, 5) is 44.4. The van der Waals surface area contributed by atoms with Crippen molar-refractivity contribution >= 4 is 43.4 Å². The molecule has 0 aromatic carbocycles. The van der Waals surface area contributed by atoms with E-state index in [4.69, 9.17) is 5.73 Å². The minimum atomic E-state index is -3.89. The normalized spacial score (nSPS) is 22.9. The van der Waals surface area contributed by atoms with Crippen molar-refractivity contribution in [3.63, 3.8) is 0 Å². The molecular weight excluding hydrogens is 478 g/mol. The number of thiophene rings is 1. The van der Waals surface area contributed by atoms with Crippen LogP contribution in [0.1, 0.15) is 38.0 Å². The summed E-state index contributed by atoms with van der Waals surface area (Å²) in [5.74, 6) is -0.422. The summed E-state index contributed by atoms with van der Waals surface area (Å²) in [5.41, 5.74) is 4.82. The highest BCUT2D eigenvalue weighted by atomic mass is 32.2. The number of sulfonamides is 1. The Bertz CT molecular complexity index is 1270. The molecule has 0 radical (unpaired) electrons. The topological polar surface area (TPSA) is 136 Å². The molecule has 10 nitrogen and oxygen atoms in total. The van der Waals surface area contributed by atoms with Crippen LogP contribution < -0.4 is 11.3 Å². The lowest BCUT2D eigenvalue weighted by atomic mass is 9.94. The number of amides is 2. The number of piperidine rings is 2. The monoisotopic (exact) mass is 509 g/mol. The zero-order valence-electron chi connectivity index (χ0n) is 19.7. The third kappa shape index (κ3) is 4.63. The first-order chi connectivity index (χ1) is 16.0. The van der Waals surface area contributed by atoms with Crippen LogP contribution in [0, 0.1) is 24.7 Å². The lowest BCUT2D eigenvalue weighted by molar-refractivity contribution is -0.135. The standard InChI is InChI=1S/C22H31N5O5S2/c1-13-8-14(2)10-27(9-13)34(31,32)19-15(3)33-21-18(19)22(30)26(12-24-21)11-17(28)25-6-4-16(5-7-25)20(23)29/h12-14,16H,4-11H2,1-3H3,(H2,23,29)/t13-,14-/m0/s1. The summed E-state index contributed by atoms with van der Waals surface area (Å²) in [7, 11) is -3.89. The molecule has 34 heavy (non-hydrogen) atoms. The molecule has 0 bridgehead atoms. The second-order valence-corrected chi connectivity index (χ2v) is 12.7. The van der Waals surface area contributed by atoms with Gasteiger partial charge >= 0.3 is 0 Å². The molecule has 0 unspecified atom stereocenters. The molecule has 0 saturated carbocycles. The Morgan fingerprint density at radius 3 is 2.38 bits per heavy atom. The van der Waals surface area contributed by atoms with Gasteiger partial charge in [-0.05, 0) is 38.0 Å². The van der Waals surface area contributed by atoms with E-state index in [2.05, 4.69) is 4.98 Å². The highest BCUT2D eigenvalue weighted by molar-refractivity contribution is 7.89. The maximum atomic E-state index is 13.6. The fraction of sp³-hybridized carbons (Fsp3) is 0.636. The van der Waals surface area contributed by atoms with Crippen LogP contribution in [-0.2, 0) is 26.2 Å². The largest absolute Gasteiger partial charge is 0.369 e. The van der Waals surface area contributed by atoms with Crippen molar-refractivity contribution in [2.45, 2.75) is 51.5 Å². The van der Waals surface area contributed by atoms with Gasteiger partial charge in [0.2, 0.25) is 21.8 Å². The van der Waals surface area contributed by atoms with Crippen LogP contribution >= 0.6 is 11.3 Å². The van der Waals surface area contributed by atoms with E-state index in [9.17, 15) is 22.8 Å². The lowest BCUT2D eigenvalue weighted by Gasteiger charge is -2.34. The van der Waals surface area contributed by atoms with Gasteiger partial charge in [-0.15, -0.1) is 11.3 Å². The first kappa shape index (κ1) is 24.8. The van der Waals surface area contributed by atoms with E-state index in [-0.39, 0.29) is 46.4 Å². The molecule has 0 aliphatic carbocycles. The highest BCUT2D eigenvalue weighted by Gasteiger charge is 2.36. The summed E-state index contributed by atoms with van der Waals surface area (Å²) >= 11 is 1.17. The SMILES string of the molecule is Cc1sc2ncn(CC(=O)N3CCC(C(N)=O)CC3)c(=O)c2c1S(=O)(=O)N1C[C@@H](C)C[C@H](C)C1. The van der Waals surface area contributed by atoms with Crippen LogP contribution in [-0.4, -0.2) is 65.2 Å². The van der Waals surface area contributed by atoms with Crippen LogP contribution in [0.2, 0.25) is 0 Å². The maximum Gasteiger partial charge on any atom is 0.263 e. The Morgan fingerprint density at radius 1 is 1.18 bits per heavy atom. The molecule has 2 aliphatic heterocycles. The van der Waals surface area contributed by atoms with Crippen molar-refractivity contribution in [2.75, 3.05) is 26.2 Å². The molecule has 0 spiro atoms. The molecule has 4 heterocycles. The van der Waals surface area contributed by atoms with Crippen LogP contribution in [0.4, 0.5) is 0 Å². The van der Waals surface area contributed by atoms with Gasteiger partial charge in [-0.2, -0.15) is 4.31 Å². The van der Waals surface area contributed by atoms with Crippen molar-refractivity contribution in [1.29, 1.82) is 0 Å². The summed E-state index contributed by atoms with van der Waals surface area (Å²) in [6, 6.07) is 0. The van der Waals surface area contributed by atoms with Gasteiger partial charge in [0.05, 0.1) is 11.7 Å². The number of carbonyl (C=O) groups is 2. The molecule has 2 aromatic rings. The molecule has 2 amide bonds. The number of primary amides is 1. The second-order valence-electron chi connectivity index (χ2n) is 9.67. The minimum Gasteiger partial charge on any atom is -0.369 e. The number of hydrogen-bond acceptors (Lipinski definition) is 7. The number of likely N-dealkylation sites (tertiary alicyclic amines) is 1. The van der Waals surface area contributed by atoms with Gasteiger partial charge in [0.1, 0.15) is 16.3 Å². The number of rotatable bonds is 5. The molecule has 12 heteroatoms. The molecule has 2 N–H and O–H groups in total. The van der Waals surface area contributed by atoms with E-state index in [0.717, 1.165) is 6.42 Å². The van der Waals surface area contributed by atoms with Crippen LogP contribution in [0.25, 0.3) is 10.2 Å². The molecule has 186 valence electrons. The van der Waals surface area contributed by atoms with E-state index >= 15 is 0 Å². The number of nitrogens with zero attached hydrogens (tertiary/aromatic N) is 4.